The van der Waals surface area contributed by atoms with Crippen molar-refractivity contribution in [2.45, 2.75) is 19.1 Å². The summed E-state index contributed by atoms with van der Waals surface area (Å²) in [7, 11) is 1.96. The molecule has 60 valence electrons. The molecule has 3 heteroatoms. The highest BCUT2D eigenvalue weighted by Gasteiger charge is 2.12. The van der Waals surface area contributed by atoms with Gasteiger partial charge < -0.3 is 10.1 Å². The Morgan fingerprint density at radius 3 is 3.00 bits per heavy atom. The molecule has 1 saturated heterocycles. The normalized spacial score (nSPS) is 25.5. The smallest absolute Gasteiger partial charge is 0.108 e. The van der Waals surface area contributed by atoms with Gasteiger partial charge in [-0.3, -0.25) is 5.32 Å². The van der Waals surface area contributed by atoms with Crippen molar-refractivity contribution in [1.29, 1.82) is 0 Å². The second-order valence-electron chi connectivity index (χ2n) is 2.56. The second kappa shape index (κ2) is 4.66. The molecule has 1 fully saturated rings. The molecule has 1 aliphatic rings. The van der Waals surface area contributed by atoms with Gasteiger partial charge in [-0.05, 0) is 19.9 Å². The zero-order chi connectivity index (χ0) is 7.23. The topological polar surface area (TPSA) is 33.3 Å². The maximum absolute atomic E-state index is 5.36. The summed E-state index contributed by atoms with van der Waals surface area (Å²) in [5.41, 5.74) is 0. The van der Waals surface area contributed by atoms with E-state index in [0.717, 1.165) is 19.7 Å². The van der Waals surface area contributed by atoms with Crippen LogP contribution in [0.1, 0.15) is 12.8 Å². The van der Waals surface area contributed by atoms with Gasteiger partial charge in [-0.25, -0.2) is 0 Å². The Balaban J connectivity index is 1.91. The monoisotopic (exact) mass is 144 g/mol. The van der Waals surface area contributed by atoms with Crippen molar-refractivity contribution in [3.05, 3.63) is 0 Å². The van der Waals surface area contributed by atoms with Crippen molar-refractivity contribution < 1.29 is 4.74 Å². The molecule has 0 amide bonds. The first-order valence-electron chi connectivity index (χ1n) is 3.93. The van der Waals surface area contributed by atoms with Crippen molar-refractivity contribution in [3.8, 4) is 0 Å². The van der Waals surface area contributed by atoms with Crippen molar-refractivity contribution in [3.63, 3.8) is 0 Å². The van der Waals surface area contributed by atoms with Crippen LogP contribution < -0.4 is 10.6 Å². The lowest BCUT2D eigenvalue weighted by molar-refractivity contribution is 0.0848. The maximum Gasteiger partial charge on any atom is 0.108 e. The summed E-state index contributed by atoms with van der Waals surface area (Å²) in [6.45, 7) is 2.94. The Kier molecular flexibility index (Phi) is 3.72. The largest absolute Gasteiger partial charge is 0.363 e. The zero-order valence-electron chi connectivity index (χ0n) is 6.52. The van der Waals surface area contributed by atoms with E-state index < -0.39 is 0 Å². The van der Waals surface area contributed by atoms with E-state index in [1.807, 2.05) is 7.05 Å². The van der Waals surface area contributed by atoms with E-state index in [0.29, 0.717) is 6.23 Å². The number of hydrogen-bond acceptors (Lipinski definition) is 3. The van der Waals surface area contributed by atoms with Crippen LogP contribution in [-0.2, 0) is 4.74 Å². The van der Waals surface area contributed by atoms with Gasteiger partial charge >= 0.3 is 0 Å². The molecule has 0 radical (unpaired) electrons. The third-order valence-corrected chi connectivity index (χ3v) is 1.68. The lowest BCUT2D eigenvalue weighted by Gasteiger charge is -2.10. The van der Waals surface area contributed by atoms with E-state index in [9.17, 15) is 0 Å². The Hall–Kier alpha value is -0.120. The fraction of sp³-hybridized carbons (Fsp3) is 1.00. The summed E-state index contributed by atoms with van der Waals surface area (Å²) < 4.78 is 5.36. The number of nitrogens with one attached hydrogen (secondary N) is 2. The predicted molar refractivity (Wildman–Crippen MR) is 40.9 cm³/mol. The van der Waals surface area contributed by atoms with E-state index in [1.165, 1.54) is 12.8 Å². The molecule has 1 heterocycles. The minimum atomic E-state index is 0.327. The molecule has 2 N–H and O–H groups in total. The van der Waals surface area contributed by atoms with Crippen molar-refractivity contribution >= 4 is 0 Å². The number of hydrogen-bond donors (Lipinski definition) is 2. The summed E-state index contributed by atoms with van der Waals surface area (Å²) in [5, 5.41) is 6.37. The van der Waals surface area contributed by atoms with Crippen molar-refractivity contribution in [2.24, 2.45) is 0 Å². The first kappa shape index (κ1) is 7.98. The van der Waals surface area contributed by atoms with E-state index in [-0.39, 0.29) is 0 Å². The fourth-order valence-corrected chi connectivity index (χ4v) is 1.10. The van der Waals surface area contributed by atoms with Crippen LogP contribution in [0.3, 0.4) is 0 Å². The highest BCUT2D eigenvalue weighted by atomic mass is 16.5. The van der Waals surface area contributed by atoms with E-state index in [1.54, 1.807) is 0 Å². The molecular formula is C7H16N2O. The predicted octanol–water partition coefficient (Wildman–Crippen LogP) is -0.0681. The van der Waals surface area contributed by atoms with E-state index in [4.69, 9.17) is 4.74 Å². The van der Waals surface area contributed by atoms with E-state index >= 15 is 0 Å². The van der Waals surface area contributed by atoms with Crippen molar-refractivity contribution in [1.82, 2.24) is 10.6 Å². The van der Waals surface area contributed by atoms with Crippen LogP contribution in [0, 0.1) is 0 Å². The van der Waals surface area contributed by atoms with Crippen LogP contribution in [0.25, 0.3) is 0 Å². The van der Waals surface area contributed by atoms with Crippen LogP contribution in [0.15, 0.2) is 0 Å². The van der Waals surface area contributed by atoms with Crippen LogP contribution in [-0.4, -0.2) is 33.0 Å². The van der Waals surface area contributed by atoms with Crippen LogP contribution >= 0.6 is 0 Å². The van der Waals surface area contributed by atoms with Crippen molar-refractivity contribution in [2.75, 3.05) is 26.7 Å². The summed E-state index contributed by atoms with van der Waals surface area (Å²) in [5.74, 6) is 0. The Morgan fingerprint density at radius 2 is 2.40 bits per heavy atom. The molecule has 0 aromatic rings. The highest BCUT2D eigenvalue weighted by molar-refractivity contribution is 4.62. The maximum atomic E-state index is 5.36. The summed E-state index contributed by atoms with van der Waals surface area (Å²) in [6.07, 6.45) is 2.70. The summed E-state index contributed by atoms with van der Waals surface area (Å²) in [4.78, 5) is 0. The number of rotatable bonds is 4. The van der Waals surface area contributed by atoms with Gasteiger partial charge in [0.15, 0.2) is 0 Å². The minimum Gasteiger partial charge on any atom is -0.363 e. The molecule has 10 heavy (non-hydrogen) atoms. The van der Waals surface area contributed by atoms with Gasteiger partial charge in [0.05, 0.1) is 0 Å². The average Bonchev–Trinajstić information content (AvgIpc) is 2.41. The lowest BCUT2D eigenvalue weighted by Crippen LogP contribution is -2.33. The summed E-state index contributed by atoms with van der Waals surface area (Å²) in [6, 6.07) is 0. The van der Waals surface area contributed by atoms with Crippen LogP contribution in [0.4, 0.5) is 0 Å². The third-order valence-electron chi connectivity index (χ3n) is 1.68. The summed E-state index contributed by atoms with van der Waals surface area (Å²) >= 11 is 0. The molecule has 0 aromatic heterocycles. The standard InChI is InChI=1S/C7H16N2O/c1-8-4-5-9-7-3-2-6-10-7/h7-9H,2-6H2,1H3. The number of likely N-dealkylation sites (N-methyl/N-ethyl adjacent to an activating group) is 1. The molecular weight excluding hydrogens is 128 g/mol. The van der Waals surface area contributed by atoms with Gasteiger partial charge in [0, 0.05) is 19.7 Å². The Bertz CT molecular complexity index is 81.7. The SMILES string of the molecule is CNCCNC1CCCO1. The van der Waals surface area contributed by atoms with Gasteiger partial charge in [0.1, 0.15) is 6.23 Å². The number of ether oxygens (including phenoxy) is 1. The molecule has 1 aliphatic heterocycles. The van der Waals surface area contributed by atoms with Gasteiger partial charge in [-0.1, -0.05) is 0 Å². The fourth-order valence-electron chi connectivity index (χ4n) is 1.10. The minimum absolute atomic E-state index is 0.327. The van der Waals surface area contributed by atoms with Gasteiger partial charge in [-0.2, -0.15) is 0 Å². The second-order valence-corrected chi connectivity index (χ2v) is 2.56. The molecule has 1 rings (SSSR count). The molecule has 0 aromatic carbocycles. The van der Waals surface area contributed by atoms with Crippen LogP contribution in [0.2, 0.25) is 0 Å². The molecule has 1 unspecified atom stereocenters. The quantitative estimate of drug-likeness (QED) is 0.542. The third kappa shape index (κ3) is 2.64. The molecule has 0 spiro atoms. The first-order valence-corrected chi connectivity index (χ1v) is 3.93. The zero-order valence-corrected chi connectivity index (χ0v) is 6.52. The molecule has 0 saturated carbocycles. The molecule has 1 atom stereocenters. The average molecular weight is 144 g/mol. The Morgan fingerprint density at radius 1 is 1.50 bits per heavy atom. The van der Waals surface area contributed by atoms with Gasteiger partial charge in [0.2, 0.25) is 0 Å². The Labute approximate surface area is 62.1 Å². The van der Waals surface area contributed by atoms with Crippen LogP contribution in [0.5, 0.6) is 0 Å². The molecule has 0 aliphatic carbocycles. The molecule has 3 nitrogen and oxygen atoms in total. The van der Waals surface area contributed by atoms with E-state index in [2.05, 4.69) is 10.6 Å². The first-order chi connectivity index (χ1) is 4.93. The lowest BCUT2D eigenvalue weighted by atomic mass is 10.3. The molecule has 0 bridgehead atoms. The van der Waals surface area contributed by atoms with Gasteiger partial charge in [-0.15, -0.1) is 0 Å². The van der Waals surface area contributed by atoms with Gasteiger partial charge in [0.25, 0.3) is 0 Å². The highest BCUT2D eigenvalue weighted by Crippen LogP contribution is 2.07.